The molecule has 0 aliphatic carbocycles. The molecule has 0 unspecified atom stereocenters. The normalized spacial score (nSPS) is 17.4. The Balaban J connectivity index is 1.41. The van der Waals surface area contributed by atoms with Gasteiger partial charge in [-0.3, -0.25) is 0 Å². The Morgan fingerprint density at radius 2 is 0.755 bits per heavy atom. The highest BCUT2D eigenvalue weighted by Gasteiger charge is 2.69. The van der Waals surface area contributed by atoms with Crippen LogP contribution < -0.4 is 56.8 Å². The van der Waals surface area contributed by atoms with E-state index in [0.29, 0.717) is 91.5 Å². The molecule has 8 heterocycles. The van der Waals surface area contributed by atoms with Gasteiger partial charge in [0.2, 0.25) is 22.6 Å². The van der Waals surface area contributed by atoms with Crippen molar-refractivity contribution in [2.75, 3.05) is 45.9 Å². The van der Waals surface area contributed by atoms with Crippen LogP contribution in [0.15, 0.2) is 68.5 Å². The molecule has 0 atom stereocenters. The molecule has 0 fully saturated rings. The minimum absolute atomic E-state index is 0.424. The molecule has 0 radical (unpaired) electrons. The molecule has 16 N–H and O–H groups in total. The van der Waals surface area contributed by atoms with E-state index in [4.69, 9.17) is 65.8 Å². The molecule has 0 saturated carbocycles. The third kappa shape index (κ3) is 2.35. The highest BCUT2D eigenvalue weighted by atomic mass is 15.7. The molecule has 6 aliphatic heterocycles. The zero-order chi connectivity index (χ0) is 33.2. The Morgan fingerprint density at radius 1 is 0.408 bits per heavy atom. The van der Waals surface area contributed by atoms with Crippen LogP contribution in [-0.4, -0.2) is 41.6 Å². The second kappa shape index (κ2) is 7.13. The number of nitrogen functional groups attached to an aromatic ring is 8. The quantitative estimate of drug-likeness (QED) is 0.0842. The number of anilines is 8. The van der Waals surface area contributed by atoms with Gasteiger partial charge in [-0.2, -0.15) is 9.13 Å². The first-order valence-electron chi connectivity index (χ1n) is 15.4. The molecular formula is C33H24N16+2. The highest BCUT2D eigenvalue weighted by molar-refractivity contribution is 6.21. The first kappa shape index (κ1) is 24.8. The van der Waals surface area contributed by atoms with Crippen molar-refractivity contribution in [2.24, 2.45) is 20.0 Å². The molecule has 1 spiro atoms. The average molecular weight is 645 g/mol. The summed E-state index contributed by atoms with van der Waals surface area (Å²) in [6, 6.07) is 14.8. The van der Waals surface area contributed by atoms with Crippen LogP contribution in [0.5, 0.6) is 0 Å². The molecule has 2 aromatic heterocycles. The highest BCUT2D eigenvalue weighted by Crippen LogP contribution is 2.54. The van der Waals surface area contributed by atoms with E-state index < -0.39 is 5.91 Å². The van der Waals surface area contributed by atoms with Crippen molar-refractivity contribution >= 4 is 102 Å². The number of amidine groups is 4. The van der Waals surface area contributed by atoms with Gasteiger partial charge in [-0.25, -0.2) is 0 Å². The molecule has 0 amide bonds. The van der Waals surface area contributed by atoms with Crippen LogP contribution in [0.1, 0.15) is 22.3 Å². The third-order valence-corrected chi connectivity index (χ3v) is 10.6. The fourth-order valence-electron chi connectivity index (χ4n) is 8.40. The SMILES string of the molecule is Nc1cc2c(cc1N)C1=[N+]3C2=Nc2c4cc(N)c(N)cc4c4n2C32n3c(c5cc(N)c(N)cc5c3=NC3=[N+]2C(=N4)c2cc(N)c(N)cc23)=N1. The molecule has 12 rings (SSSR count). The molecule has 234 valence electrons. The maximum Gasteiger partial charge on any atom is 0.404 e. The van der Waals surface area contributed by atoms with Crippen molar-refractivity contribution in [1.82, 2.24) is 9.13 Å². The van der Waals surface area contributed by atoms with Gasteiger partial charge in [0.25, 0.3) is 23.3 Å². The van der Waals surface area contributed by atoms with E-state index in [1.807, 2.05) is 48.5 Å². The van der Waals surface area contributed by atoms with Gasteiger partial charge in [-0.1, -0.05) is 20.0 Å². The van der Waals surface area contributed by atoms with E-state index in [2.05, 4.69) is 18.3 Å². The predicted octanol–water partition coefficient (Wildman–Crippen LogP) is 0.365. The average Bonchev–Trinajstić information content (AvgIpc) is 3.74. The predicted molar refractivity (Wildman–Crippen MR) is 189 cm³/mol. The van der Waals surface area contributed by atoms with Gasteiger partial charge >= 0.3 is 5.91 Å². The molecular weight excluding hydrogens is 620 g/mol. The monoisotopic (exact) mass is 644 g/mol. The Kier molecular flexibility index (Phi) is 3.61. The minimum atomic E-state index is -1.30. The summed E-state index contributed by atoms with van der Waals surface area (Å²) in [7, 11) is 0. The number of fused-ring (bicyclic) bond motifs is 12. The Morgan fingerprint density at radius 3 is 1.16 bits per heavy atom. The second-order valence-corrected chi connectivity index (χ2v) is 13.1. The molecule has 4 aromatic carbocycles. The van der Waals surface area contributed by atoms with E-state index in [-0.39, 0.29) is 0 Å². The lowest BCUT2D eigenvalue weighted by Crippen LogP contribution is -2.71. The summed E-state index contributed by atoms with van der Waals surface area (Å²) in [5.74, 6) is 2.37. The van der Waals surface area contributed by atoms with E-state index >= 15 is 0 Å². The molecule has 16 heteroatoms. The zero-order valence-corrected chi connectivity index (χ0v) is 25.3. The summed E-state index contributed by atoms with van der Waals surface area (Å²) in [5, 5.41) is 3.07. The number of rotatable bonds is 0. The molecule has 6 aromatic rings. The van der Waals surface area contributed by atoms with Crippen molar-refractivity contribution in [3.8, 4) is 0 Å². The topological polar surface area (TPSA) is 273 Å². The number of aromatic nitrogens is 2. The lowest BCUT2D eigenvalue weighted by atomic mass is 10.1. The summed E-state index contributed by atoms with van der Waals surface area (Å²) in [6.45, 7) is 0. The van der Waals surface area contributed by atoms with Gasteiger partial charge in [0.1, 0.15) is 0 Å². The number of benzene rings is 4. The van der Waals surface area contributed by atoms with E-state index in [9.17, 15) is 0 Å². The van der Waals surface area contributed by atoms with Crippen molar-refractivity contribution in [3.63, 3.8) is 0 Å². The number of hydrogen-bond acceptors (Lipinski definition) is 12. The number of nitrogens with zero attached hydrogens (tertiary/aromatic N) is 8. The Bertz CT molecular complexity index is 2880. The molecule has 6 aliphatic rings. The van der Waals surface area contributed by atoms with Gasteiger partial charge < -0.3 is 45.9 Å². The van der Waals surface area contributed by atoms with Crippen LogP contribution >= 0.6 is 0 Å². The summed E-state index contributed by atoms with van der Waals surface area (Å²) in [5.41, 5.74) is 59.3. The van der Waals surface area contributed by atoms with Crippen molar-refractivity contribution in [3.05, 3.63) is 81.8 Å². The van der Waals surface area contributed by atoms with Crippen LogP contribution in [0.2, 0.25) is 0 Å². The fourth-order valence-corrected chi connectivity index (χ4v) is 8.40. The molecule has 16 nitrogen and oxygen atoms in total. The lowest BCUT2D eigenvalue weighted by Gasteiger charge is -2.40. The first-order valence-corrected chi connectivity index (χ1v) is 15.4. The molecule has 0 saturated heterocycles. The second-order valence-electron chi connectivity index (χ2n) is 13.1. The smallest absolute Gasteiger partial charge is 0.397 e. The van der Waals surface area contributed by atoms with Gasteiger partial charge in [0.05, 0.1) is 67.8 Å². The Hall–Kier alpha value is -7.36. The summed E-state index contributed by atoms with van der Waals surface area (Å²) >= 11 is 0. The molecule has 0 bridgehead atoms. The van der Waals surface area contributed by atoms with Crippen molar-refractivity contribution in [2.45, 2.75) is 5.91 Å². The van der Waals surface area contributed by atoms with E-state index in [1.54, 1.807) is 0 Å². The van der Waals surface area contributed by atoms with Crippen molar-refractivity contribution in [1.29, 1.82) is 0 Å². The van der Waals surface area contributed by atoms with Crippen LogP contribution in [0.3, 0.4) is 0 Å². The molecule has 49 heavy (non-hydrogen) atoms. The van der Waals surface area contributed by atoms with Crippen molar-refractivity contribution < 1.29 is 9.15 Å². The maximum absolute atomic E-state index is 6.45. The largest absolute Gasteiger partial charge is 0.404 e. The van der Waals surface area contributed by atoms with E-state index in [0.717, 1.165) is 43.8 Å². The van der Waals surface area contributed by atoms with Gasteiger partial charge in [-0.15, -0.1) is 9.15 Å². The van der Waals surface area contributed by atoms with Gasteiger partial charge in [-0.05, 0) is 48.5 Å². The Labute approximate surface area is 273 Å². The van der Waals surface area contributed by atoms with Gasteiger partial charge in [0, 0.05) is 21.5 Å². The number of hydrogen-bond donors (Lipinski definition) is 8. The summed E-state index contributed by atoms with van der Waals surface area (Å²) in [4.78, 5) is 21.4. The lowest BCUT2D eigenvalue weighted by molar-refractivity contribution is -0.790. The first-order chi connectivity index (χ1) is 23.6. The summed E-state index contributed by atoms with van der Waals surface area (Å²) < 4.78 is 8.40. The number of nitrogens with two attached hydrogens (primary N) is 8. The van der Waals surface area contributed by atoms with Crippen LogP contribution in [0, 0.1) is 0 Å². The van der Waals surface area contributed by atoms with Crippen LogP contribution in [-0.2, 0) is 5.91 Å². The number of aliphatic imine (C=N–C) groups is 2. The van der Waals surface area contributed by atoms with Crippen LogP contribution in [0.25, 0.3) is 21.5 Å². The van der Waals surface area contributed by atoms with Crippen LogP contribution in [0.4, 0.5) is 57.1 Å². The fraction of sp³-hybridized carbons (Fsp3) is 0.0303. The van der Waals surface area contributed by atoms with Gasteiger partial charge in [0.15, 0.2) is 0 Å². The van der Waals surface area contributed by atoms with E-state index in [1.165, 1.54) is 0 Å². The minimum Gasteiger partial charge on any atom is -0.397 e. The standard InChI is InChI=1S/C33H22N16/c34-17-1-9-10(2-18(17)35)26-43-28-13-5-21(38)22(39)6-14(13)30-45-32-16-8-24(41)23(40)7-15(16)31-44-29-12-4-20(37)19(36)3-11(12)27-42-25(9)46(26)33(47(27)29,48(28)30)49(31)32/h1-8H,(H14,34,35,36,37,38,39,40,41,42,43,44,45)/p+2. The summed E-state index contributed by atoms with van der Waals surface area (Å²) in [6.07, 6.45) is 0. The third-order valence-electron chi connectivity index (χ3n) is 10.6. The zero-order valence-electron chi connectivity index (χ0n) is 25.3. The maximum atomic E-state index is 6.45.